The van der Waals surface area contributed by atoms with Crippen molar-refractivity contribution < 1.29 is 14.8 Å². The number of carbonyl (C=O) groups excluding carboxylic acids is 1. The molecular weight excluding hydrogens is 324 g/mol. The van der Waals surface area contributed by atoms with Crippen LogP contribution in [0.4, 0.5) is 11.4 Å². The van der Waals surface area contributed by atoms with Crippen LogP contribution in [0.25, 0.3) is 0 Å². The second kappa shape index (κ2) is 7.91. The van der Waals surface area contributed by atoms with E-state index in [2.05, 4.69) is 15.8 Å². The fourth-order valence-corrected chi connectivity index (χ4v) is 2.07. The van der Waals surface area contributed by atoms with E-state index < -0.39 is 11.0 Å². The van der Waals surface area contributed by atoms with E-state index in [4.69, 9.17) is 0 Å². The maximum absolute atomic E-state index is 12.0. The van der Waals surface area contributed by atoms with Crippen LogP contribution in [-0.4, -0.2) is 28.2 Å². The Morgan fingerprint density at radius 2 is 2.08 bits per heavy atom. The van der Waals surface area contributed by atoms with Gasteiger partial charge >= 0.3 is 0 Å². The van der Waals surface area contributed by atoms with Crippen LogP contribution in [-0.2, 0) is 4.79 Å². The largest absolute Gasteiger partial charge is 0.507 e. The number of phenolic OH excluding ortho intramolecular Hbond substituents is 1. The van der Waals surface area contributed by atoms with E-state index >= 15 is 0 Å². The first-order valence-electron chi connectivity index (χ1n) is 7.50. The average molecular weight is 342 g/mol. The summed E-state index contributed by atoms with van der Waals surface area (Å²) in [6.45, 7) is 3.63. The zero-order valence-electron chi connectivity index (χ0n) is 13.8. The monoisotopic (exact) mass is 342 g/mol. The molecule has 0 saturated heterocycles. The minimum absolute atomic E-state index is 0.133. The molecule has 2 aromatic carbocycles. The SMILES string of the molecule is Cc1cccc(NC(C)C(=O)N/N=C/c2cc([N+](=O)[O-])ccc2O)c1. The first-order valence-corrected chi connectivity index (χ1v) is 7.50. The van der Waals surface area contributed by atoms with Crippen molar-refractivity contribution in [1.29, 1.82) is 0 Å². The van der Waals surface area contributed by atoms with Crippen molar-refractivity contribution >= 4 is 23.5 Å². The Kier molecular flexibility index (Phi) is 5.67. The van der Waals surface area contributed by atoms with Gasteiger partial charge in [-0.2, -0.15) is 5.10 Å². The minimum Gasteiger partial charge on any atom is -0.507 e. The van der Waals surface area contributed by atoms with Gasteiger partial charge in [0.05, 0.1) is 11.1 Å². The lowest BCUT2D eigenvalue weighted by molar-refractivity contribution is -0.384. The first kappa shape index (κ1) is 17.9. The molecule has 0 fully saturated rings. The van der Waals surface area contributed by atoms with Gasteiger partial charge in [-0.15, -0.1) is 0 Å². The summed E-state index contributed by atoms with van der Waals surface area (Å²) in [6, 6.07) is 10.6. The number of rotatable bonds is 6. The zero-order valence-corrected chi connectivity index (χ0v) is 13.8. The number of hydrogen-bond donors (Lipinski definition) is 3. The number of amides is 1. The van der Waals surface area contributed by atoms with Gasteiger partial charge in [0, 0.05) is 23.4 Å². The maximum atomic E-state index is 12.0. The molecule has 1 amide bonds. The molecule has 130 valence electrons. The molecule has 0 aliphatic rings. The Hall–Kier alpha value is -3.42. The number of nitrogens with zero attached hydrogens (tertiary/aromatic N) is 2. The van der Waals surface area contributed by atoms with Crippen molar-refractivity contribution in [2.75, 3.05) is 5.32 Å². The highest BCUT2D eigenvalue weighted by Gasteiger charge is 2.12. The van der Waals surface area contributed by atoms with Crippen LogP contribution in [0.1, 0.15) is 18.1 Å². The highest BCUT2D eigenvalue weighted by molar-refractivity contribution is 5.88. The van der Waals surface area contributed by atoms with Crippen molar-refractivity contribution in [2.24, 2.45) is 5.10 Å². The molecule has 0 aliphatic heterocycles. The number of nitro benzene ring substituents is 1. The van der Waals surface area contributed by atoms with Crippen molar-refractivity contribution in [3.63, 3.8) is 0 Å². The van der Waals surface area contributed by atoms with Crippen molar-refractivity contribution in [2.45, 2.75) is 19.9 Å². The quantitative estimate of drug-likeness (QED) is 0.424. The number of nitrogens with one attached hydrogen (secondary N) is 2. The number of phenols is 1. The van der Waals surface area contributed by atoms with Crippen LogP contribution in [0, 0.1) is 17.0 Å². The van der Waals surface area contributed by atoms with Gasteiger partial charge in [-0.05, 0) is 37.6 Å². The molecule has 0 heterocycles. The van der Waals surface area contributed by atoms with E-state index in [0.717, 1.165) is 17.5 Å². The van der Waals surface area contributed by atoms with Gasteiger partial charge in [-0.3, -0.25) is 14.9 Å². The van der Waals surface area contributed by atoms with E-state index in [1.165, 1.54) is 18.2 Å². The van der Waals surface area contributed by atoms with Gasteiger partial charge < -0.3 is 10.4 Å². The van der Waals surface area contributed by atoms with Gasteiger partial charge in [0.2, 0.25) is 0 Å². The van der Waals surface area contributed by atoms with Crippen LogP contribution in [0.3, 0.4) is 0 Å². The topological polar surface area (TPSA) is 117 Å². The molecule has 8 nitrogen and oxygen atoms in total. The van der Waals surface area contributed by atoms with E-state index in [-0.39, 0.29) is 22.9 Å². The zero-order chi connectivity index (χ0) is 18.4. The predicted molar refractivity (Wildman–Crippen MR) is 94.8 cm³/mol. The summed E-state index contributed by atoms with van der Waals surface area (Å²) in [5.74, 6) is -0.558. The average Bonchev–Trinajstić information content (AvgIpc) is 2.56. The molecule has 1 unspecified atom stereocenters. The number of aromatic hydroxyl groups is 1. The molecule has 2 aromatic rings. The number of benzene rings is 2. The number of hydrogen-bond acceptors (Lipinski definition) is 6. The highest BCUT2D eigenvalue weighted by atomic mass is 16.6. The molecular formula is C17H18N4O4. The number of non-ortho nitro benzene ring substituents is 1. The molecule has 0 spiro atoms. The van der Waals surface area contributed by atoms with Gasteiger partial charge in [-0.1, -0.05) is 12.1 Å². The molecule has 25 heavy (non-hydrogen) atoms. The fraction of sp³-hybridized carbons (Fsp3) is 0.176. The van der Waals surface area contributed by atoms with Crippen molar-refractivity contribution in [3.8, 4) is 5.75 Å². The summed E-state index contributed by atoms with van der Waals surface area (Å²) in [7, 11) is 0. The lowest BCUT2D eigenvalue weighted by atomic mass is 10.2. The lowest BCUT2D eigenvalue weighted by Crippen LogP contribution is -2.34. The number of hydrazone groups is 1. The first-order chi connectivity index (χ1) is 11.9. The normalized spacial score (nSPS) is 11.9. The Morgan fingerprint density at radius 3 is 2.76 bits per heavy atom. The van der Waals surface area contributed by atoms with Gasteiger partial charge in [0.15, 0.2) is 0 Å². The van der Waals surface area contributed by atoms with E-state index in [1.807, 2.05) is 31.2 Å². The van der Waals surface area contributed by atoms with Gasteiger partial charge in [0.25, 0.3) is 11.6 Å². The smallest absolute Gasteiger partial charge is 0.270 e. The Labute approximate surface area is 144 Å². The summed E-state index contributed by atoms with van der Waals surface area (Å²) in [6.07, 6.45) is 1.15. The second-order valence-electron chi connectivity index (χ2n) is 5.47. The van der Waals surface area contributed by atoms with Gasteiger partial charge in [-0.25, -0.2) is 5.43 Å². The number of carbonyl (C=O) groups is 1. The summed E-state index contributed by atoms with van der Waals surface area (Å²) in [5.41, 5.74) is 4.16. The summed E-state index contributed by atoms with van der Waals surface area (Å²) in [4.78, 5) is 22.2. The molecule has 0 aromatic heterocycles. The molecule has 1 atom stereocenters. The maximum Gasteiger partial charge on any atom is 0.270 e. The predicted octanol–water partition coefficient (Wildman–Crippen LogP) is 2.56. The lowest BCUT2D eigenvalue weighted by Gasteiger charge is -2.13. The number of aryl methyl sites for hydroxylation is 1. The summed E-state index contributed by atoms with van der Waals surface area (Å²) in [5, 5.41) is 27.2. The molecule has 8 heteroatoms. The van der Waals surface area contributed by atoms with Crippen molar-refractivity contribution in [3.05, 3.63) is 63.7 Å². The van der Waals surface area contributed by atoms with E-state index in [0.29, 0.717) is 0 Å². The minimum atomic E-state index is -0.580. The molecule has 0 aliphatic carbocycles. The van der Waals surface area contributed by atoms with Crippen molar-refractivity contribution in [1.82, 2.24) is 5.43 Å². The van der Waals surface area contributed by atoms with E-state index in [9.17, 15) is 20.0 Å². The van der Waals surface area contributed by atoms with Crippen LogP contribution in [0.2, 0.25) is 0 Å². The third-order valence-corrected chi connectivity index (χ3v) is 3.39. The molecule has 3 N–H and O–H groups in total. The Balaban J connectivity index is 1.98. The van der Waals surface area contributed by atoms with E-state index in [1.54, 1.807) is 6.92 Å². The highest BCUT2D eigenvalue weighted by Crippen LogP contribution is 2.21. The van der Waals surface area contributed by atoms with Crippen LogP contribution < -0.4 is 10.7 Å². The standard InChI is InChI=1S/C17H18N4O4/c1-11-4-3-5-14(8-11)19-12(2)17(23)20-18-10-13-9-15(21(24)25)6-7-16(13)22/h3-10,12,19,22H,1-2H3,(H,20,23)/b18-10+. The molecule has 0 saturated carbocycles. The number of nitro groups is 1. The fourth-order valence-electron chi connectivity index (χ4n) is 2.07. The number of anilines is 1. The third-order valence-electron chi connectivity index (χ3n) is 3.39. The van der Waals surface area contributed by atoms with Crippen LogP contribution in [0.5, 0.6) is 5.75 Å². The second-order valence-corrected chi connectivity index (χ2v) is 5.47. The van der Waals surface area contributed by atoms with Crippen LogP contribution in [0.15, 0.2) is 47.6 Å². The van der Waals surface area contributed by atoms with Gasteiger partial charge in [0.1, 0.15) is 11.8 Å². The summed E-state index contributed by atoms with van der Waals surface area (Å²) >= 11 is 0. The molecule has 0 radical (unpaired) electrons. The van der Waals surface area contributed by atoms with Crippen LogP contribution >= 0.6 is 0 Å². The molecule has 2 rings (SSSR count). The Morgan fingerprint density at radius 1 is 1.32 bits per heavy atom. The third kappa shape index (κ3) is 5.03. The summed E-state index contributed by atoms with van der Waals surface area (Å²) < 4.78 is 0. The Bertz CT molecular complexity index is 820. The molecule has 0 bridgehead atoms.